The van der Waals surface area contributed by atoms with Crippen molar-refractivity contribution in [3.8, 4) is 5.75 Å². The van der Waals surface area contributed by atoms with E-state index in [1.54, 1.807) is 6.07 Å². The van der Waals surface area contributed by atoms with Crippen LogP contribution in [-0.4, -0.2) is 29.6 Å². The lowest BCUT2D eigenvalue weighted by Crippen LogP contribution is -2.44. The molecule has 114 valence electrons. The molecule has 1 aliphatic rings. The fourth-order valence-corrected chi connectivity index (χ4v) is 2.75. The summed E-state index contributed by atoms with van der Waals surface area (Å²) in [5, 5.41) is 11.8. The van der Waals surface area contributed by atoms with Crippen LogP contribution in [0.1, 0.15) is 31.7 Å². The molecule has 2 atom stereocenters. The van der Waals surface area contributed by atoms with E-state index in [1.165, 1.54) is 0 Å². The van der Waals surface area contributed by atoms with Gasteiger partial charge in [-0.25, -0.2) is 4.79 Å². The number of hydrogen-bond donors (Lipinski definition) is 2. The third-order valence-corrected chi connectivity index (χ3v) is 3.88. The second kappa shape index (κ2) is 6.47. The number of nitrogens with one attached hydrogen (secondary N) is 1. The van der Waals surface area contributed by atoms with Crippen LogP contribution in [-0.2, 0) is 9.59 Å². The standard InChI is InChI=1S/C15H18BrNO4/c1-8(2)5-12(15(19)20)17-14(18)11-7-21-13-4-3-9(16)6-10(11)13/h3-4,6,8,11-12H,5,7H2,1-2H3,(H,17,18)(H,19,20)/t11?,12-/m1/s1. The summed E-state index contributed by atoms with van der Waals surface area (Å²) < 4.78 is 6.34. The molecule has 2 N–H and O–H groups in total. The lowest BCUT2D eigenvalue weighted by molar-refractivity contribution is -0.142. The number of halogens is 1. The van der Waals surface area contributed by atoms with Gasteiger partial charge in [-0.1, -0.05) is 29.8 Å². The molecule has 0 fully saturated rings. The van der Waals surface area contributed by atoms with Gasteiger partial charge in [-0.2, -0.15) is 0 Å². The number of ether oxygens (including phenoxy) is 1. The zero-order valence-corrected chi connectivity index (χ0v) is 13.5. The zero-order chi connectivity index (χ0) is 15.6. The summed E-state index contributed by atoms with van der Waals surface area (Å²) in [5.74, 6) is -0.918. The molecule has 1 aromatic carbocycles. The third kappa shape index (κ3) is 3.75. The molecule has 1 unspecified atom stereocenters. The van der Waals surface area contributed by atoms with Gasteiger partial charge < -0.3 is 15.2 Å². The zero-order valence-electron chi connectivity index (χ0n) is 11.9. The number of aliphatic carboxylic acids is 1. The summed E-state index contributed by atoms with van der Waals surface area (Å²) in [6.45, 7) is 4.09. The molecule has 0 saturated heterocycles. The predicted octanol–water partition coefficient (Wildman–Crippen LogP) is 2.54. The predicted molar refractivity (Wildman–Crippen MR) is 81.4 cm³/mol. The van der Waals surface area contributed by atoms with E-state index >= 15 is 0 Å². The Morgan fingerprint density at radius 3 is 2.81 bits per heavy atom. The van der Waals surface area contributed by atoms with Gasteiger partial charge in [-0.05, 0) is 30.5 Å². The Morgan fingerprint density at radius 2 is 2.19 bits per heavy atom. The molecule has 0 bridgehead atoms. The van der Waals surface area contributed by atoms with Gasteiger partial charge in [0, 0.05) is 10.0 Å². The Morgan fingerprint density at radius 1 is 1.48 bits per heavy atom. The SMILES string of the molecule is CC(C)C[C@@H](NC(=O)C1COc2ccc(Br)cc21)C(=O)O. The van der Waals surface area contributed by atoms with Crippen LogP contribution in [0.3, 0.4) is 0 Å². The van der Waals surface area contributed by atoms with Crippen molar-refractivity contribution < 1.29 is 19.4 Å². The Balaban J connectivity index is 2.11. The Hall–Kier alpha value is -1.56. The number of carboxylic acids is 1. The van der Waals surface area contributed by atoms with Crippen molar-refractivity contribution in [2.75, 3.05) is 6.61 Å². The van der Waals surface area contributed by atoms with Crippen molar-refractivity contribution in [1.82, 2.24) is 5.32 Å². The fourth-order valence-electron chi connectivity index (χ4n) is 2.37. The van der Waals surface area contributed by atoms with Crippen LogP contribution in [0, 0.1) is 5.92 Å². The van der Waals surface area contributed by atoms with Crippen LogP contribution >= 0.6 is 15.9 Å². The summed E-state index contributed by atoms with van der Waals surface area (Å²) >= 11 is 3.37. The van der Waals surface area contributed by atoms with Gasteiger partial charge in [0.1, 0.15) is 24.3 Å². The topological polar surface area (TPSA) is 75.6 Å². The maximum Gasteiger partial charge on any atom is 0.326 e. The normalized spacial score (nSPS) is 18.0. The number of carbonyl (C=O) groups is 2. The number of fused-ring (bicyclic) bond motifs is 1. The highest BCUT2D eigenvalue weighted by atomic mass is 79.9. The molecule has 1 aliphatic heterocycles. The molecule has 6 heteroatoms. The minimum Gasteiger partial charge on any atom is -0.492 e. The molecule has 0 saturated carbocycles. The second-order valence-electron chi connectivity index (χ2n) is 5.57. The van der Waals surface area contributed by atoms with E-state index in [0.717, 1.165) is 10.0 Å². The van der Waals surface area contributed by atoms with Crippen molar-refractivity contribution in [3.63, 3.8) is 0 Å². The van der Waals surface area contributed by atoms with Crippen molar-refractivity contribution in [3.05, 3.63) is 28.2 Å². The highest BCUT2D eigenvalue weighted by Crippen LogP contribution is 2.36. The first-order chi connectivity index (χ1) is 9.88. The van der Waals surface area contributed by atoms with E-state index in [-0.39, 0.29) is 18.4 Å². The van der Waals surface area contributed by atoms with E-state index in [4.69, 9.17) is 4.74 Å². The van der Waals surface area contributed by atoms with Gasteiger partial charge in [0.25, 0.3) is 0 Å². The molecular weight excluding hydrogens is 338 g/mol. The van der Waals surface area contributed by atoms with Gasteiger partial charge in [0.15, 0.2) is 0 Å². The number of rotatable bonds is 5. The molecule has 0 radical (unpaired) electrons. The number of carboxylic acid groups (broad SMARTS) is 1. The van der Waals surface area contributed by atoms with E-state index in [2.05, 4.69) is 21.2 Å². The molecule has 0 aromatic heterocycles. The van der Waals surface area contributed by atoms with Crippen molar-refractivity contribution >= 4 is 27.8 Å². The third-order valence-electron chi connectivity index (χ3n) is 3.39. The van der Waals surface area contributed by atoms with E-state index in [0.29, 0.717) is 12.2 Å². The van der Waals surface area contributed by atoms with Gasteiger partial charge >= 0.3 is 5.97 Å². The van der Waals surface area contributed by atoms with Crippen LogP contribution in [0.25, 0.3) is 0 Å². The van der Waals surface area contributed by atoms with Crippen molar-refractivity contribution in [2.24, 2.45) is 5.92 Å². The second-order valence-corrected chi connectivity index (χ2v) is 6.49. The summed E-state index contributed by atoms with van der Waals surface area (Å²) in [6.07, 6.45) is 0.403. The monoisotopic (exact) mass is 355 g/mol. The van der Waals surface area contributed by atoms with Crippen molar-refractivity contribution in [1.29, 1.82) is 0 Å². The highest BCUT2D eigenvalue weighted by molar-refractivity contribution is 9.10. The van der Waals surface area contributed by atoms with Gasteiger partial charge in [0.05, 0.1) is 0 Å². The molecule has 1 amide bonds. The fraction of sp³-hybridized carbons (Fsp3) is 0.467. The molecule has 0 spiro atoms. The molecule has 5 nitrogen and oxygen atoms in total. The maximum absolute atomic E-state index is 12.3. The van der Waals surface area contributed by atoms with Crippen molar-refractivity contribution in [2.45, 2.75) is 32.2 Å². The summed E-state index contributed by atoms with van der Waals surface area (Å²) in [7, 11) is 0. The van der Waals surface area contributed by atoms with Gasteiger partial charge in [-0.15, -0.1) is 0 Å². The number of benzene rings is 1. The first kappa shape index (κ1) is 15.8. The minimum atomic E-state index is -1.01. The van der Waals surface area contributed by atoms with E-state index < -0.39 is 17.9 Å². The van der Waals surface area contributed by atoms with Gasteiger partial charge in [0.2, 0.25) is 5.91 Å². The number of carbonyl (C=O) groups excluding carboxylic acids is 1. The van der Waals surface area contributed by atoms with E-state index in [9.17, 15) is 14.7 Å². The molecular formula is C15H18BrNO4. The lowest BCUT2D eigenvalue weighted by atomic mass is 9.98. The van der Waals surface area contributed by atoms with Crippen LogP contribution < -0.4 is 10.1 Å². The lowest BCUT2D eigenvalue weighted by Gasteiger charge is -2.18. The van der Waals surface area contributed by atoms with Crippen LogP contribution in [0.5, 0.6) is 5.75 Å². The smallest absolute Gasteiger partial charge is 0.326 e. The minimum absolute atomic E-state index is 0.188. The molecule has 0 aliphatic carbocycles. The van der Waals surface area contributed by atoms with Crippen LogP contribution in [0.4, 0.5) is 0 Å². The summed E-state index contributed by atoms with van der Waals surface area (Å²) in [5.41, 5.74) is 0.788. The first-order valence-corrected chi connectivity index (χ1v) is 7.63. The molecule has 2 rings (SSSR count). The highest BCUT2D eigenvalue weighted by Gasteiger charge is 2.33. The number of amides is 1. The van der Waals surface area contributed by atoms with Crippen LogP contribution in [0.2, 0.25) is 0 Å². The van der Waals surface area contributed by atoms with E-state index in [1.807, 2.05) is 26.0 Å². The maximum atomic E-state index is 12.3. The summed E-state index contributed by atoms with van der Waals surface area (Å²) in [6, 6.07) is 4.62. The average Bonchev–Trinajstić information content (AvgIpc) is 2.80. The quantitative estimate of drug-likeness (QED) is 0.850. The van der Waals surface area contributed by atoms with Crippen LogP contribution in [0.15, 0.2) is 22.7 Å². The number of hydrogen-bond acceptors (Lipinski definition) is 3. The Bertz CT molecular complexity index is 559. The molecule has 1 heterocycles. The molecule has 21 heavy (non-hydrogen) atoms. The molecule has 1 aromatic rings. The van der Waals surface area contributed by atoms with Gasteiger partial charge in [-0.3, -0.25) is 4.79 Å². The summed E-state index contributed by atoms with van der Waals surface area (Å²) in [4.78, 5) is 23.6. The Labute approximate surface area is 131 Å². The first-order valence-electron chi connectivity index (χ1n) is 6.84. The average molecular weight is 356 g/mol. The largest absolute Gasteiger partial charge is 0.492 e. The Kier molecular flexibility index (Phi) is 4.88.